The maximum absolute atomic E-state index is 12.1. The topological polar surface area (TPSA) is 84.6 Å². The zero-order chi connectivity index (χ0) is 18.5. The van der Waals surface area contributed by atoms with Gasteiger partial charge in [-0.2, -0.15) is 0 Å². The van der Waals surface area contributed by atoms with E-state index in [1.165, 1.54) is 5.56 Å². The van der Waals surface area contributed by atoms with E-state index in [2.05, 4.69) is 17.4 Å². The molecule has 0 fully saturated rings. The summed E-state index contributed by atoms with van der Waals surface area (Å²) in [7, 11) is 0. The fourth-order valence-corrected chi connectivity index (χ4v) is 2.79. The molecule has 0 aromatic heterocycles. The number of hydrogen-bond acceptors (Lipinski definition) is 5. The molecule has 1 aliphatic heterocycles. The van der Waals surface area contributed by atoms with Gasteiger partial charge in [-0.1, -0.05) is 30.3 Å². The molecule has 136 valence electrons. The first kappa shape index (κ1) is 19.1. The second-order valence-corrected chi connectivity index (χ2v) is 7.38. The van der Waals surface area contributed by atoms with Crippen molar-refractivity contribution in [3.05, 3.63) is 59.4 Å². The number of aryl methyl sites for hydroxylation is 1. The highest BCUT2D eigenvalue weighted by Crippen LogP contribution is 2.26. The van der Waals surface area contributed by atoms with Crippen LogP contribution in [0.5, 0.6) is 0 Å². The van der Waals surface area contributed by atoms with Gasteiger partial charge in [0.25, 0.3) is 0 Å². The third-order valence-electron chi connectivity index (χ3n) is 3.97. The van der Waals surface area contributed by atoms with Crippen molar-refractivity contribution in [1.82, 2.24) is 5.32 Å². The number of rotatable bonds is 6. The Balaban J connectivity index is 1.99. The summed E-state index contributed by atoms with van der Waals surface area (Å²) in [5.41, 5.74) is 6.36. The molecule has 5 heteroatoms. The van der Waals surface area contributed by atoms with Gasteiger partial charge in [0.05, 0.1) is 12.1 Å². The van der Waals surface area contributed by atoms with Crippen LogP contribution >= 0.6 is 0 Å². The zero-order valence-corrected chi connectivity index (χ0v) is 15.2. The molecule has 0 radical (unpaired) electrons. The van der Waals surface area contributed by atoms with E-state index >= 15 is 0 Å². The SMILES string of the molecule is CC(C)(C)OC(=O)CC1(O)NC=CC(CCCc2ccccc2)=C1N. The summed E-state index contributed by atoms with van der Waals surface area (Å²) in [6, 6.07) is 10.2. The van der Waals surface area contributed by atoms with Crippen LogP contribution in [-0.4, -0.2) is 22.4 Å². The van der Waals surface area contributed by atoms with Gasteiger partial charge >= 0.3 is 5.97 Å². The molecule has 1 aliphatic rings. The molecule has 1 unspecified atom stereocenters. The van der Waals surface area contributed by atoms with Crippen molar-refractivity contribution < 1.29 is 14.6 Å². The largest absolute Gasteiger partial charge is 0.460 e. The Kier molecular flexibility index (Phi) is 5.90. The minimum atomic E-state index is -1.60. The Morgan fingerprint density at radius 1 is 1.24 bits per heavy atom. The number of carbonyl (C=O) groups excluding carboxylic acids is 1. The summed E-state index contributed by atoms with van der Waals surface area (Å²) in [6.07, 6.45) is 5.83. The lowest BCUT2D eigenvalue weighted by atomic mass is 9.94. The van der Waals surface area contributed by atoms with Crippen LogP contribution in [-0.2, 0) is 16.0 Å². The zero-order valence-electron chi connectivity index (χ0n) is 15.2. The second-order valence-electron chi connectivity index (χ2n) is 7.38. The third kappa shape index (κ3) is 5.64. The van der Waals surface area contributed by atoms with Gasteiger partial charge in [0.2, 0.25) is 0 Å². The number of aliphatic hydroxyl groups is 1. The maximum Gasteiger partial charge on any atom is 0.311 e. The average Bonchev–Trinajstić information content (AvgIpc) is 2.50. The summed E-state index contributed by atoms with van der Waals surface area (Å²) in [6.45, 7) is 5.37. The standard InChI is InChI=1S/C20H28N2O3/c1-19(2,3)25-17(23)14-20(24)18(21)16(12-13-22-20)11-7-10-15-8-5-4-6-9-15/h4-6,8-9,12-13,22,24H,7,10-11,14,21H2,1-3H3. The lowest BCUT2D eigenvalue weighted by molar-refractivity contribution is -0.159. The molecule has 1 atom stereocenters. The molecule has 0 bridgehead atoms. The summed E-state index contributed by atoms with van der Waals surface area (Å²) >= 11 is 0. The minimum Gasteiger partial charge on any atom is -0.460 e. The Labute approximate surface area is 149 Å². The summed E-state index contributed by atoms with van der Waals surface area (Å²) in [5, 5.41) is 13.5. The molecule has 0 spiro atoms. The first-order valence-electron chi connectivity index (χ1n) is 8.61. The van der Waals surface area contributed by atoms with Crippen molar-refractivity contribution in [2.45, 2.75) is 57.8 Å². The van der Waals surface area contributed by atoms with E-state index in [1.807, 2.05) is 24.3 Å². The number of ether oxygens (including phenoxy) is 1. The fourth-order valence-electron chi connectivity index (χ4n) is 2.79. The van der Waals surface area contributed by atoms with Gasteiger partial charge < -0.3 is 20.9 Å². The molecule has 25 heavy (non-hydrogen) atoms. The Bertz CT molecular complexity index is 659. The molecule has 0 aliphatic carbocycles. The quantitative estimate of drug-likeness (QED) is 0.691. The Morgan fingerprint density at radius 3 is 2.56 bits per heavy atom. The van der Waals surface area contributed by atoms with Gasteiger partial charge in [0, 0.05) is 0 Å². The summed E-state index contributed by atoms with van der Waals surface area (Å²) in [4.78, 5) is 12.1. The number of dihydropyridines is 1. The van der Waals surface area contributed by atoms with Crippen LogP contribution in [0.4, 0.5) is 0 Å². The monoisotopic (exact) mass is 344 g/mol. The van der Waals surface area contributed by atoms with Crippen molar-refractivity contribution in [2.75, 3.05) is 0 Å². The van der Waals surface area contributed by atoms with E-state index in [-0.39, 0.29) is 12.1 Å². The summed E-state index contributed by atoms with van der Waals surface area (Å²) in [5.74, 6) is -0.496. The first-order valence-corrected chi connectivity index (χ1v) is 8.61. The van der Waals surface area contributed by atoms with Gasteiger partial charge in [-0.25, -0.2) is 0 Å². The van der Waals surface area contributed by atoms with Gasteiger partial charge in [-0.3, -0.25) is 4.79 Å². The average molecular weight is 344 g/mol. The number of benzene rings is 1. The summed E-state index contributed by atoms with van der Waals surface area (Å²) < 4.78 is 5.29. The molecule has 1 heterocycles. The van der Waals surface area contributed by atoms with E-state index in [9.17, 15) is 9.90 Å². The molecule has 1 aromatic rings. The van der Waals surface area contributed by atoms with Crippen LogP contribution in [0.2, 0.25) is 0 Å². The van der Waals surface area contributed by atoms with E-state index in [4.69, 9.17) is 10.5 Å². The number of allylic oxidation sites excluding steroid dienone is 2. The molecule has 5 nitrogen and oxygen atoms in total. The highest BCUT2D eigenvalue weighted by Gasteiger charge is 2.37. The van der Waals surface area contributed by atoms with Crippen LogP contribution in [0, 0.1) is 0 Å². The fraction of sp³-hybridized carbons (Fsp3) is 0.450. The lowest BCUT2D eigenvalue weighted by Gasteiger charge is -2.33. The predicted molar refractivity (Wildman–Crippen MR) is 98.3 cm³/mol. The highest BCUT2D eigenvalue weighted by molar-refractivity contribution is 5.72. The van der Waals surface area contributed by atoms with Gasteiger partial charge in [-0.15, -0.1) is 0 Å². The predicted octanol–water partition coefficient (Wildman–Crippen LogP) is 2.76. The van der Waals surface area contributed by atoms with Gasteiger partial charge in [0.1, 0.15) is 5.60 Å². The van der Waals surface area contributed by atoms with E-state index in [1.54, 1.807) is 27.0 Å². The third-order valence-corrected chi connectivity index (χ3v) is 3.97. The highest BCUT2D eigenvalue weighted by atomic mass is 16.6. The van der Waals surface area contributed by atoms with Crippen LogP contribution in [0.3, 0.4) is 0 Å². The molecule has 0 amide bonds. The molecule has 4 N–H and O–H groups in total. The van der Waals surface area contributed by atoms with Gasteiger partial charge in [-0.05, 0) is 63.4 Å². The molecular formula is C20H28N2O3. The van der Waals surface area contributed by atoms with Crippen LogP contribution in [0.25, 0.3) is 0 Å². The van der Waals surface area contributed by atoms with Crippen molar-refractivity contribution in [3.8, 4) is 0 Å². The smallest absolute Gasteiger partial charge is 0.311 e. The second kappa shape index (κ2) is 7.74. The van der Waals surface area contributed by atoms with E-state index in [0.29, 0.717) is 0 Å². The lowest BCUT2D eigenvalue weighted by Crippen LogP contribution is -2.51. The number of esters is 1. The molecule has 0 saturated heterocycles. The molecular weight excluding hydrogens is 316 g/mol. The Hall–Kier alpha value is -2.27. The van der Waals surface area contributed by atoms with E-state index in [0.717, 1.165) is 24.8 Å². The molecule has 1 aromatic carbocycles. The van der Waals surface area contributed by atoms with Gasteiger partial charge in [0.15, 0.2) is 5.72 Å². The van der Waals surface area contributed by atoms with Crippen molar-refractivity contribution in [2.24, 2.45) is 5.73 Å². The van der Waals surface area contributed by atoms with Crippen molar-refractivity contribution in [1.29, 1.82) is 0 Å². The maximum atomic E-state index is 12.1. The number of hydrogen-bond donors (Lipinski definition) is 3. The molecule has 0 saturated carbocycles. The number of nitrogens with one attached hydrogen (secondary N) is 1. The Morgan fingerprint density at radius 2 is 1.92 bits per heavy atom. The molecule has 2 rings (SSSR count). The van der Waals surface area contributed by atoms with Crippen LogP contribution in [0.15, 0.2) is 53.9 Å². The number of nitrogens with two attached hydrogens (primary N) is 1. The van der Waals surface area contributed by atoms with Crippen molar-refractivity contribution in [3.63, 3.8) is 0 Å². The van der Waals surface area contributed by atoms with Crippen LogP contribution < -0.4 is 11.1 Å². The van der Waals surface area contributed by atoms with Crippen LogP contribution in [0.1, 0.15) is 45.6 Å². The van der Waals surface area contributed by atoms with Crippen molar-refractivity contribution >= 4 is 5.97 Å². The first-order chi connectivity index (χ1) is 11.7. The van der Waals surface area contributed by atoms with E-state index < -0.39 is 17.3 Å². The minimum absolute atomic E-state index is 0.234. The normalized spacial score (nSPS) is 20.3. The number of carbonyl (C=O) groups is 1.